The molecule has 0 fully saturated rings. The number of rotatable bonds is 6. The summed E-state index contributed by atoms with van der Waals surface area (Å²) in [6.07, 6.45) is 1.53. The lowest BCUT2D eigenvalue weighted by atomic mass is 10.1. The molecule has 0 spiro atoms. The van der Waals surface area contributed by atoms with Gasteiger partial charge in [0.1, 0.15) is 5.75 Å². The molecule has 1 aromatic heterocycles. The van der Waals surface area contributed by atoms with Gasteiger partial charge in [-0.15, -0.1) is 10.2 Å². The van der Waals surface area contributed by atoms with E-state index >= 15 is 0 Å². The van der Waals surface area contributed by atoms with Gasteiger partial charge < -0.3 is 14.5 Å². The lowest BCUT2D eigenvalue weighted by Gasteiger charge is -2.07. The van der Waals surface area contributed by atoms with Gasteiger partial charge in [-0.05, 0) is 31.2 Å². The summed E-state index contributed by atoms with van der Waals surface area (Å²) in [6.45, 7) is 2.08. The Hall–Kier alpha value is -1.88. The van der Waals surface area contributed by atoms with Gasteiger partial charge in [-0.2, -0.15) is 0 Å². The van der Waals surface area contributed by atoms with E-state index in [-0.39, 0.29) is 6.04 Å². The quantitative estimate of drug-likeness (QED) is 0.864. The highest BCUT2D eigenvalue weighted by Gasteiger charge is 2.15. The predicted octanol–water partition coefficient (Wildman–Crippen LogP) is 2.34. The van der Waals surface area contributed by atoms with Crippen molar-refractivity contribution in [2.24, 2.45) is 0 Å². The predicted molar refractivity (Wildman–Crippen MR) is 72.2 cm³/mol. The molecule has 2 rings (SSSR count). The Labute approximate surface area is 113 Å². The molecule has 0 aliphatic heterocycles. The van der Waals surface area contributed by atoms with E-state index in [9.17, 15) is 0 Å². The fourth-order valence-electron chi connectivity index (χ4n) is 1.94. The Kier molecular flexibility index (Phi) is 4.52. The molecule has 1 N–H and O–H groups in total. The van der Waals surface area contributed by atoms with Gasteiger partial charge in [0, 0.05) is 0 Å². The molecule has 5 heteroatoms. The number of hydrogen-bond donors (Lipinski definition) is 1. The second kappa shape index (κ2) is 6.33. The highest BCUT2D eigenvalue weighted by molar-refractivity contribution is 5.29. The van der Waals surface area contributed by atoms with Crippen LogP contribution in [0.4, 0.5) is 0 Å². The van der Waals surface area contributed by atoms with Crippen molar-refractivity contribution in [3.63, 3.8) is 0 Å². The molecule has 1 atom stereocenters. The van der Waals surface area contributed by atoms with E-state index in [0.29, 0.717) is 18.2 Å². The molecule has 0 saturated heterocycles. The minimum atomic E-state index is 0.117. The van der Waals surface area contributed by atoms with Crippen LogP contribution < -0.4 is 10.1 Å². The van der Waals surface area contributed by atoms with Crippen molar-refractivity contribution in [3.05, 3.63) is 41.6 Å². The zero-order valence-electron chi connectivity index (χ0n) is 11.5. The van der Waals surface area contributed by atoms with Gasteiger partial charge in [0.2, 0.25) is 11.8 Å². The van der Waals surface area contributed by atoms with Crippen molar-refractivity contribution < 1.29 is 9.15 Å². The molecule has 1 heterocycles. The Balaban J connectivity index is 2.10. The topological polar surface area (TPSA) is 60.2 Å². The van der Waals surface area contributed by atoms with Crippen LogP contribution in [0.5, 0.6) is 5.75 Å². The third-order valence-corrected chi connectivity index (χ3v) is 3.03. The number of methoxy groups -OCH3 is 1. The Morgan fingerprint density at radius 1 is 1.37 bits per heavy atom. The number of nitrogens with one attached hydrogen (secondary N) is 1. The zero-order chi connectivity index (χ0) is 13.7. The first-order chi connectivity index (χ1) is 9.26. The highest BCUT2D eigenvalue weighted by Crippen LogP contribution is 2.18. The largest absolute Gasteiger partial charge is 0.497 e. The molecule has 2 aromatic rings. The summed E-state index contributed by atoms with van der Waals surface area (Å²) in [7, 11) is 3.54. The fraction of sp³-hybridized carbons (Fsp3) is 0.429. The molecular weight excluding hydrogens is 242 g/mol. The molecule has 0 amide bonds. The summed E-state index contributed by atoms with van der Waals surface area (Å²) in [5, 5.41) is 11.3. The van der Waals surface area contributed by atoms with Gasteiger partial charge >= 0.3 is 0 Å². The minimum Gasteiger partial charge on any atom is -0.497 e. The first-order valence-corrected chi connectivity index (χ1v) is 6.39. The van der Waals surface area contributed by atoms with Crippen molar-refractivity contribution in [3.8, 4) is 5.75 Å². The molecule has 0 radical (unpaired) electrons. The molecule has 0 saturated carbocycles. The average Bonchev–Trinajstić information content (AvgIpc) is 2.89. The van der Waals surface area contributed by atoms with Crippen LogP contribution in [0, 0.1) is 0 Å². The summed E-state index contributed by atoms with van der Waals surface area (Å²) in [6, 6.07) is 7.97. The van der Waals surface area contributed by atoms with Crippen LogP contribution in [0.15, 0.2) is 28.7 Å². The average molecular weight is 261 g/mol. The molecule has 19 heavy (non-hydrogen) atoms. The maximum absolute atomic E-state index is 5.68. The van der Waals surface area contributed by atoms with E-state index in [1.54, 1.807) is 7.11 Å². The highest BCUT2D eigenvalue weighted by atomic mass is 16.5. The maximum Gasteiger partial charge on any atom is 0.233 e. The van der Waals surface area contributed by atoms with E-state index in [1.807, 2.05) is 31.3 Å². The van der Waals surface area contributed by atoms with Gasteiger partial charge in [-0.3, -0.25) is 0 Å². The monoisotopic (exact) mass is 261 g/mol. The van der Waals surface area contributed by atoms with Crippen molar-refractivity contribution in [1.82, 2.24) is 15.5 Å². The summed E-state index contributed by atoms with van der Waals surface area (Å²) in [5.41, 5.74) is 1.09. The second-order valence-electron chi connectivity index (χ2n) is 4.31. The molecule has 1 unspecified atom stereocenters. The number of benzene rings is 1. The minimum absolute atomic E-state index is 0.117. The summed E-state index contributed by atoms with van der Waals surface area (Å²) >= 11 is 0. The third kappa shape index (κ3) is 3.32. The van der Waals surface area contributed by atoms with Crippen molar-refractivity contribution in [1.29, 1.82) is 0 Å². The van der Waals surface area contributed by atoms with Gasteiger partial charge in [0.15, 0.2) is 0 Å². The lowest BCUT2D eigenvalue weighted by Crippen LogP contribution is -2.15. The van der Waals surface area contributed by atoms with E-state index in [4.69, 9.17) is 9.15 Å². The number of ether oxygens (including phenoxy) is 1. The van der Waals surface area contributed by atoms with Crippen LogP contribution in [0.2, 0.25) is 0 Å². The molecule has 0 aliphatic rings. The van der Waals surface area contributed by atoms with E-state index in [0.717, 1.165) is 17.7 Å². The van der Waals surface area contributed by atoms with Crippen LogP contribution in [0.3, 0.4) is 0 Å². The van der Waals surface area contributed by atoms with Gasteiger partial charge in [0.05, 0.1) is 19.6 Å². The SMILES string of the molecule is CCC(NC)c1nnc(Cc2cccc(OC)c2)o1. The molecule has 5 nitrogen and oxygen atoms in total. The van der Waals surface area contributed by atoms with Gasteiger partial charge in [0.25, 0.3) is 0 Å². The summed E-state index contributed by atoms with van der Waals surface area (Å²) in [4.78, 5) is 0. The van der Waals surface area contributed by atoms with Crippen molar-refractivity contribution >= 4 is 0 Å². The zero-order valence-corrected chi connectivity index (χ0v) is 11.5. The molecule has 0 bridgehead atoms. The number of nitrogens with zero attached hydrogens (tertiary/aromatic N) is 2. The van der Waals surface area contributed by atoms with Gasteiger partial charge in [-0.25, -0.2) is 0 Å². The second-order valence-corrected chi connectivity index (χ2v) is 4.31. The van der Waals surface area contributed by atoms with E-state index < -0.39 is 0 Å². The first-order valence-electron chi connectivity index (χ1n) is 6.39. The van der Waals surface area contributed by atoms with Gasteiger partial charge in [-0.1, -0.05) is 19.1 Å². The van der Waals surface area contributed by atoms with E-state index in [1.165, 1.54) is 0 Å². The van der Waals surface area contributed by atoms with Crippen LogP contribution in [0.25, 0.3) is 0 Å². The first kappa shape index (κ1) is 13.5. The number of hydrogen-bond acceptors (Lipinski definition) is 5. The van der Waals surface area contributed by atoms with Crippen LogP contribution in [-0.2, 0) is 6.42 Å². The van der Waals surface area contributed by atoms with Crippen LogP contribution in [0.1, 0.15) is 36.7 Å². The molecule has 0 aliphatic carbocycles. The Bertz CT molecular complexity index is 521. The van der Waals surface area contributed by atoms with E-state index in [2.05, 4.69) is 22.4 Å². The Morgan fingerprint density at radius 2 is 2.21 bits per heavy atom. The smallest absolute Gasteiger partial charge is 0.233 e. The normalized spacial score (nSPS) is 12.4. The lowest BCUT2D eigenvalue weighted by molar-refractivity contribution is 0.390. The Morgan fingerprint density at radius 3 is 2.89 bits per heavy atom. The number of aromatic nitrogens is 2. The summed E-state index contributed by atoms with van der Waals surface area (Å²) < 4.78 is 10.9. The summed E-state index contributed by atoms with van der Waals surface area (Å²) in [5.74, 6) is 2.10. The van der Waals surface area contributed by atoms with Crippen molar-refractivity contribution in [2.75, 3.05) is 14.2 Å². The van der Waals surface area contributed by atoms with Crippen LogP contribution >= 0.6 is 0 Å². The molecule has 102 valence electrons. The molecule has 1 aromatic carbocycles. The third-order valence-electron chi connectivity index (χ3n) is 3.03. The molecular formula is C14H19N3O2. The van der Waals surface area contributed by atoms with Crippen molar-refractivity contribution in [2.45, 2.75) is 25.8 Å². The van der Waals surface area contributed by atoms with Crippen LogP contribution in [-0.4, -0.2) is 24.4 Å². The standard InChI is InChI=1S/C14H19N3O2/c1-4-12(15-2)14-17-16-13(19-14)9-10-6-5-7-11(8-10)18-3/h5-8,12,15H,4,9H2,1-3H3. The fourth-order valence-corrected chi connectivity index (χ4v) is 1.94. The maximum atomic E-state index is 5.68.